The second-order valence-corrected chi connectivity index (χ2v) is 6.33. The van der Waals surface area contributed by atoms with Crippen LogP contribution in [0.4, 0.5) is 0 Å². The normalized spacial score (nSPS) is 36.6. The van der Waals surface area contributed by atoms with Gasteiger partial charge in [0.05, 0.1) is 0 Å². The summed E-state index contributed by atoms with van der Waals surface area (Å²) < 4.78 is 0. The molecule has 17 heavy (non-hydrogen) atoms. The molecular weight excluding hydrogens is 212 g/mol. The number of hydrazone groups is 1. The van der Waals surface area contributed by atoms with E-state index in [2.05, 4.69) is 17.5 Å². The van der Waals surface area contributed by atoms with Gasteiger partial charge in [-0.05, 0) is 56.3 Å². The van der Waals surface area contributed by atoms with Crippen LogP contribution < -0.4 is 5.43 Å². The molecule has 3 fully saturated rings. The van der Waals surface area contributed by atoms with Crippen LogP contribution in [-0.4, -0.2) is 11.6 Å². The molecule has 0 aliphatic heterocycles. The Balaban J connectivity index is 1.50. The van der Waals surface area contributed by atoms with Crippen LogP contribution in [0.3, 0.4) is 0 Å². The molecule has 0 aromatic rings. The second-order valence-electron chi connectivity index (χ2n) is 6.33. The zero-order valence-electron chi connectivity index (χ0n) is 10.7. The van der Waals surface area contributed by atoms with Gasteiger partial charge in [0.25, 0.3) is 0 Å². The summed E-state index contributed by atoms with van der Waals surface area (Å²) in [5.74, 6) is 1.19. The van der Waals surface area contributed by atoms with Crippen LogP contribution in [0.5, 0.6) is 0 Å². The Kier molecular flexibility index (Phi) is 2.72. The Hall–Kier alpha value is -0.860. The molecule has 0 bridgehead atoms. The van der Waals surface area contributed by atoms with E-state index in [0.717, 1.165) is 25.2 Å². The molecule has 0 radical (unpaired) electrons. The molecule has 1 N–H and O–H groups in total. The standard InChI is InChI=1S/C14H22N2O/c1-10-4-2-5-11(8-10)15-16-13(17)12-9-14(12)6-3-7-14/h10,12H,2-9H2,1H3,(H,16,17)/b15-11+/t10-,12+/m0/s1. The van der Waals surface area contributed by atoms with Crippen LogP contribution in [-0.2, 0) is 4.79 Å². The van der Waals surface area contributed by atoms with Gasteiger partial charge < -0.3 is 0 Å². The van der Waals surface area contributed by atoms with E-state index in [-0.39, 0.29) is 11.8 Å². The quantitative estimate of drug-likeness (QED) is 0.733. The van der Waals surface area contributed by atoms with Crippen LogP contribution in [0.15, 0.2) is 5.10 Å². The van der Waals surface area contributed by atoms with E-state index in [1.165, 1.54) is 37.8 Å². The largest absolute Gasteiger partial charge is 0.273 e. The van der Waals surface area contributed by atoms with Crippen molar-refractivity contribution in [3.63, 3.8) is 0 Å². The molecule has 0 aromatic carbocycles. The number of amides is 1. The van der Waals surface area contributed by atoms with Gasteiger partial charge in [0.2, 0.25) is 5.91 Å². The van der Waals surface area contributed by atoms with Gasteiger partial charge in [-0.2, -0.15) is 5.10 Å². The summed E-state index contributed by atoms with van der Waals surface area (Å²) in [5.41, 5.74) is 4.42. The smallest absolute Gasteiger partial charge is 0.243 e. The fraction of sp³-hybridized carbons (Fsp3) is 0.857. The van der Waals surface area contributed by atoms with E-state index >= 15 is 0 Å². The summed E-state index contributed by atoms with van der Waals surface area (Å²) >= 11 is 0. The molecule has 3 aliphatic carbocycles. The lowest BCUT2D eigenvalue weighted by molar-refractivity contribution is -0.123. The van der Waals surface area contributed by atoms with Crippen molar-refractivity contribution in [2.45, 2.75) is 58.3 Å². The van der Waals surface area contributed by atoms with Gasteiger partial charge in [-0.25, -0.2) is 5.43 Å². The third-order valence-electron chi connectivity index (χ3n) is 4.93. The maximum Gasteiger partial charge on any atom is 0.243 e. The van der Waals surface area contributed by atoms with Gasteiger partial charge >= 0.3 is 0 Å². The van der Waals surface area contributed by atoms with Gasteiger partial charge in [0.1, 0.15) is 0 Å². The second kappa shape index (κ2) is 4.11. The zero-order chi connectivity index (χ0) is 11.9. The first-order valence-electron chi connectivity index (χ1n) is 7.05. The van der Waals surface area contributed by atoms with Crippen molar-refractivity contribution in [2.75, 3.05) is 0 Å². The van der Waals surface area contributed by atoms with Crippen molar-refractivity contribution in [3.8, 4) is 0 Å². The summed E-state index contributed by atoms with van der Waals surface area (Å²) in [7, 11) is 0. The number of nitrogens with zero attached hydrogens (tertiary/aromatic N) is 1. The molecule has 2 atom stereocenters. The summed E-state index contributed by atoms with van der Waals surface area (Å²) in [5, 5.41) is 4.34. The van der Waals surface area contributed by atoms with Crippen molar-refractivity contribution >= 4 is 11.6 Å². The topological polar surface area (TPSA) is 41.5 Å². The molecule has 0 saturated heterocycles. The third-order valence-corrected chi connectivity index (χ3v) is 4.93. The summed E-state index contributed by atoms with van der Waals surface area (Å²) in [6, 6.07) is 0. The number of hydrogen-bond acceptors (Lipinski definition) is 2. The number of nitrogens with one attached hydrogen (secondary N) is 1. The minimum absolute atomic E-state index is 0.176. The van der Waals surface area contributed by atoms with Crippen molar-refractivity contribution in [2.24, 2.45) is 22.4 Å². The van der Waals surface area contributed by atoms with Gasteiger partial charge in [-0.15, -0.1) is 0 Å². The van der Waals surface area contributed by atoms with Crippen molar-refractivity contribution < 1.29 is 4.79 Å². The Labute approximate surface area is 103 Å². The average Bonchev–Trinajstić information content (AvgIpc) is 3.01. The predicted octanol–water partition coefficient (Wildman–Crippen LogP) is 2.86. The third kappa shape index (κ3) is 2.12. The maximum absolute atomic E-state index is 11.9. The molecule has 3 saturated carbocycles. The first kappa shape index (κ1) is 11.2. The SMILES string of the molecule is C[C@H]1CCC/C(=N\NC(=O)[C@H]2CC23CCC3)C1. The van der Waals surface area contributed by atoms with Crippen LogP contribution in [0.2, 0.25) is 0 Å². The molecular formula is C14H22N2O. The van der Waals surface area contributed by atoms with E-state index < -0.39 is 0 Å². The van der Waals surface area contributed by atoms with Crippen LogP contribution >= 0.6 is 0 Å². The molecule has 3 nitrogen and oxygen atoms in total. The number of hydrogen-bond donors (Lipinski definition) is 1. The molecule has 1 amide bonds. The fourth-order valence-electron chi connectivity index (χ4n) is 3.48. The molecule has 0 unspecified atom stereocenters. The van der Waals surface area contributed by atoms with Crippen LogP contribution in [0.1, 0.15) is 58.3 Å². The lowest BCUT2D eigenvalue weighted by atomic mass is 9.80. The van der Waals surface area contributed by atoms with E-state index in [4.69, 9.17) is 0 Å². The molecule has 1 spiro atoms. The van der Waals surface area contributed by atoms with E-state index in [1.807, 2.05) is 0 Å². The highest BCUT2D eigenvalue weighted by Gasteiger charge is 2.60. The van der Waals surface area contributed by atoms with Gasteiger partial charge in [-0.3, -0.25) is 4.79 Å². The van der Waals surface area contributed by atoms with Crippen LogP contribution in [0.25, 0.3) is 0 Å². The molecule has 3 heteroatoms. The Morgan fingerprint density at radius 1 is 1.41 bits per heavy atom. The van der Waals surface area contributed by atoms with Gasteiger partial charge in [-0.1, -0.05) is 13.3 Å². The minimum atomic E-state index is 0.176. The number of rotatable bonds is 2. The highest BCUT2D eigenvalue weighted by Crippen LogP contribution is 2.65. The monoisotopic (exact) mass is 234 g/mol. The van der Waals surface area contributed by atoms with Crippen molar-refractivity contribution in [1.29, 1.82) is 0 Å². The Morgan fingerprint density at radius 3 is 2.82 bits per heavy atom. The highest BCUT2D eigenvalue weighted by atomic mass is 16.2. The Bertz CT molecular complexity index is 357. The molecule has 0 aromatic heterocycles. The fourth-order valence-corrected chi connectivity index (χ4v) is 3.48. The summed E-state index contributed by atoms with van der Waals surface area (Å²) in [4.78, 5) is 11.9. The average molecular weight is 234 g/mol. The van der Waals surface area contributed by atoms with E-state index in [0.29, 0.717) is 5.41 Å². The van der Waals surface area contributed by atoms with Crippen LogP contribution in [0, 0.1) is 17.3 Å². The molecule has 3 aliphatic rings. The predicted molar refractivity (Wildman–Crippen MR) is 67.6 cm³/mol. The lowest BCUT2D eigenvalue weighted by Crippen LogP contribution is -2.27. The zero-order valence-corrected chi connectivity index (χ0v) is 10.7. The maximum atomic E-state index is 11.9. The lowest BCUT2D eigenvalue weighted by Gasteiger charge is -2.26. The van der Waals surface area contributed by atoms with E-state index in [1.54, 1.807) is 0 Å². The first-order valence-corrected chi connectivity index (χ1v) is 7.05. The van der Waals surface area contributed by atoms with Gasteiger partial charge in [0.15, 0.2) is 0 Å². The summed E-state index contributed by atoms with van der Waals surface area (Å²) in [6.07, 6.45) is 9.62. The Morgan fingerprint density at radius 2 is 2.24 bits per heavy atom. The molecule has 0 heterocycles. The summed E-state index contributed by atoms with van der Waals surface area (Å²) in [6.45, 7) is 2.26. The molecule has 94 valence electrons. The number of carbonyl (C=O) groups is 1. The minimum Gasteiger partial charge on any atom is -0.273 e. The van der Waals surface area contributed by atoms with Crippen molar-refractivity contribution in [1.82, 2.24) is 5.43 Å². The van der Waals surface area contributed by atoms with E-state index in [9.17, 15) is 4.79 Å². The van der Waals surface area contributed by atoms with Crippen molar-refractivity contribution in [3.05, 3.63) is 0 Å². The van der Waals surface area contributed by atoms with Gasteiger partial charge in [0, 0.05) is 11.6 Å². The highest BCUT2D eigenvalue weighted by molar-refractivity contribution is 5.88. The number of carbonyl (C=O) groups excluding carboxylic acids is 1. The molecule has 3 rings (SSSR count). The first-order chi connectivity index (χ1) is 8.20.